The van der Waals surface area contributed by atoms with Gasteiger partial charge in [0.1, 0.15) is 6.61 Å². The first-order chi connectivity index (χ1) is 5.65. The summed E-state index contributed by atoms with van der Waals surface area (Å²) in [4.78, 5) is 11.9. The molecule has 0 spiro atoms. The van der Waals surface area contributed by atoms with Gasteiger partial charge in [0.2, 0.25) is 5.91 Å². The van der Waals surface area contributed by atoms with E-state index in [0.29, 0.717) is 0 Å². The molecular formula is C8H11NO2S. The zero-order valence-corrected chi connectivity index (χ0v) is 7.86. The first-order valence-corrected chi connectivity index (χ1v) is 4.48. The average Bonchev–Trinajstić information content (AvgIpc) is 2.35. The lowest BCUT2D eigenvalue weighted by Gasteiger charge is -2.02. The number of hydrogen-bond acceptors (Lipinski definition) is 3. The van der Waals surface area contributed by atoms with Crippen molar-refractivity contribution >= 4 is 22.9 Å². The van der Waals surface area contributed by atoms with Crippen molar-refractivity contribution in [2.24, 2.45) is 0 Å². The van der Waals surface area contributed by atoms with Gasteiger partial charge in [0, 0.05) is 4.88 Å². The van der Waals surface area contributed by atoms with Crippen LogP contribution in [0.2, 0.25) is 0 Å². The van der Waals surface area contributed by atoms with Crippen LogP contribution in [-0.2, 0) is 4.79 Å². The molecular weight excluding hydrogens is 174 g/mol. The fraction of sp³-hybridized carbons (Fsp3) is 0.375. The molecule has 0 fully saturated rings. The summed E-state index contributed by atoms with van der Waals surface area (Å²) in [5, 5.41) is 13.1. The summed E-state index contributed by atoms with van der Waals surface area (Å²) < 4.78 is 0. The molecule has 1 aromatic rings. The van der Waals surface area contributed by atoms with E-state index < -0.39 is 6.61 Å². The van der Waals surface area contributed by atoms with Gasteiger partial charge in [-0.3, -0.25) is 4.79 Å². The van der Waals surface area contributed by atoms with Crippen molar-refractivity contribution in [3.05, 3.63) is 15.8 Å². The van der Waals surface area contributed by atoms with Crippen LogP contribution >= 0.6 is 11.3 Å². The summed E-state index contributed by atoms with van der Waals surface area (Å²) in [6.07, 6.45) is 0. The standard InChI is InChI=1S/C8H11NO2S/c1-5-4-12-6(2)8(5)9-7(11)3-10/h4,10H,3H2,1-2H3,(H,9,11). The van der Waals surface area contributed by atoms with Gasteiger partial charge < -0.3 is 10.4 Å². The van der Waals surface area contributed by atoms with Gasteiger partial charge in [-0.15, -0.1) is 11.3 Å². The van der Waals surface area contributed by atoms with Crippen LogP contribution in [-0.4, -0.2) is 17.6 Å². The number of amides is 1. The quantitative estimate of drug-likeness (QED) is 0.729. The van der Waals surface area contributed by atoms with Gasteiger partial charge in [0.05, 0.1) is 5.69 Å². The van der Waals surface area contributed by atoms with Crippen molar-refractivity contribution in [2.45, 2.75) is 13.8 Å². The molecule has 1 heterocycles. The number of carbonyl (C=O) groups excluding carboxylic acids is 1. The number of aliphatic hydroxyl groups excluding tert-OH is 1. The molecule has 0 radical (unpaired) electrons. The Labute approximate surface area is 75.0 Å². The van der Waals surface area contributed by atoms with Crippen molar-refractivity contribution in [3.8, 4) is 0 Å². The average molecular weight is 185 g/mol. The number of aliphatic hydroxyl groups is 1. The highest BCUT2D eigenvalue weighted by molar-refractivity contribution is 7.10. The minimum absolute atomic E-state index is 0.361. The molecule has 0 unspecified atom stereocenters. The van der Waals surface area contributed by atoms with Gasteiger partial charge >= 0.3 is 0 Å². The molecule has 0 aliphatic carbocycles. The molecule has 0 aliphatic heterocycles. The van der Waals surface area contributed by atoms with Crippen molar-refractivity contribution in [3.63, 3.8) is 0 Å². The lowest BCUT2D eigenvalue weighted by Crippen LogP contribution is -2.16. The van der Waals surface area contributed by atoms with Crippen LogP contribution in [0.3, 0.4) is 0 Å². The molecule has 1 rings (SSSR count). The number of thiophene rings is 1. The third-order valence-corrected chi connectivity index (χ3v) is 2.60. The molecule has 2 N–H and O–H groups in total. The van der Waals surface area contributed by atoms with E-state index in [2.05, 4.69) is 5.32 Å². The number of carbonyl (C=O) groups is 1. The molecule has 12 heavy (non-hydrogen) atoms. The van der Waals surface area contributed by atoms with Gasteiger partial charge in [-0.2, -0.15) is 0 Å². The molecule has 0 bridgehead atoms. The minimum Gasteiger partial charge on any atom is -0.387 e. The number of hydrogen-bond donors (Lipinski definition) is 2. The third kappa shape index (κ3) is 1.84. The molecule has 4 heteroatoms. The fourth-order valence-corrected chi connectivity index (χ4v) is 1.74. The third-order valence-electron chi connectivity index (χ3n) is 1.57. The molecule has 0 aliphatic rings. The highest BCUT2D eigenvalue weighted by atomic mass is 32.1. The van der Waals surface area contributed by atoms with Crippen molar-refractivity contribution in [1.82, 2.24) is 0 Å². The molecule has 3 nitrogen and oxygen atoms in total. The Kier molecular flexibility index (Phi) is 2.83. The van der Waals surface area contributed by atoms with E-state index in [4.69, 9.17) is 5.11 Å². The lowest BCUT2D eigenvalue weighted by atomic mass is 10.3. The van der Waals surface area contributed by atoms with Crippen LogP contribution in [0.4, 0.5) is 5.69 Å². The second-order valence-electron chi connectivity index (χ2n) is 2.56. The Morgan fingerprint density at radius 1 is 1.67 bits per heavy atom. The Balaban J connectivity index is 2.80. The molecule has 1 amide bonds. The normalized spacial score (nSPS) is 9.92. The SMILES string of the molecule is Cc1csc(C)c1NC(=O)CO. The largest absolute Gasteiger partial charge is 0.387 e. The summed E-state index contributed by atoms with van der Waals surface area (Å²) >= 11 is 1.59. The predicted octanol–water partition coefficient (Wildman–Crippen LogP) is 1.30. The Hall–Kier alpha value is -0.870. The van der Waals surface area contributed by atoms with Crippen molar-refractivity contribution in [1.29, 1.82) is 0 Å². The summed E-state index contributed by atoms with van der Waals surface area (Å²) in [6, 6.07) is 0. The fourth-order valence-electron chi connectivity index (χ4n) is 0.938. The monoisotopic (exact) mass is 185 g/mol. The lowest BCUT2D eigenvalue weighted by molar-refractivity contribution is -0.118. The Bertz CT molecular complexity index is 274. The molecule has 0 atom stereocenters. The van der Waals surface area contributed by atoms with E-state index in [0.717, 1.165) is 16.1 Å². The highest BCUT2D eigenvalue weighted by Crippen LogP contribution is 2.25. The van der Waals surface area contributed by atoms with Gasteiger partial charge in [-0.25, -0.2) is 0 Å². The first kappa shape index (κ1) is 9.22. The van der Waals surface area contributed by atoms with Crippen LogP contribution in [0.25, 0.3) is 0 Å². The van der Waals surface area contributed by atoms with Crippen molar-refractivity contribution in [2.75, 3.05) is 11.9 Å². The smallest absolute Gasteiger partial charge is 0.250 e. The highest BCUT2D eigenvalue weighted by Gasteiger charge is 2.07. The molecule has 0 saturated carbocycles. The number of anilines is 1. The van der Waals surface area contributed by atoms with Crippen molar-refractivity contribution < 1.29 is 9.90 Å². The van der Waals surface area contributed by atoms with Gasteiger partial charge in [0.25, 0.3) is 0 Å². The second kappa shape index (κ2) is 3.69. The minimum atomic E-state index is -0.464. The summed E-state index contributed by atoms with van der Waals surface area (Å²) in [5.41, 5.74) is 1.87. The predicted molar refractivity (Wildman–Crippen MR) is 49.5 cm³/mol. The van der Waals surface area contributed by atoms with Gasteiger partial charge in [0.15, 0.2) is 0 Å². The molecule has 66 valence electrons. The maximum Gasteiger partial charge on any atom is 0.250 e. The van der Waals surface area contributed by atoms with Crippen LogP contribution < -0.4 is 5.32 Å². The molecule has 0 saturated heterocycles. The van der Waals surface area contributed by atoms with Crippen LogP contribution in [0, 0.1) is 13.8 Å². The summed E-state index contributed by atoms with van der Waals surface area (Å²) in [7, 11) is 0. The molecule has 0 aromatic carbocycles. The van der Waals surface area contributed by atoms with Crippen LogP contribution in [0.15, 0.2) is 5.38 Å². The van der Waals surface area contributed by atoms with E-state index >= 15 is 0 Å². The van der Waals surface area contributed by atoms with E-state index in [-0.39, 0.29) is 5.91 Å². The zero-order chi connectivity index (χ0) is 9.14. The Morgan fingerprint density at radius 2 is 2.33 bits per heavy atom. The topological polar surface area (TPSA) is 49.3 Å². The first-order valence-electron chi connectivity index (χ1n) is 3.60. The zero-order valence-electron chi connectivity index (χ0n) is 7.05. The summed E-state index contributed by atoms with van der Waals surface area (Å²) in [5.74, 6) is -0.361. The molecule has 1 aromatic heterocycles. The van der Waals surface area contributed by atoms with E-state index in [9.17, 15) is 4.79 Å². The maximum atomic E-state index is 10.8. The van der Waals surface area contributed by atoms with Crippen LogP contribution in [0.5, 0.6) is 0 Å². The summed E-state index contributed by atoms with van der Waals surface area (Å²) in [6.45, 7) is 3.40. The van der Waals surface area contributed by atoms with E-state index in [1.54, 1.807) is 11.3 Å². The number of aryl methyl sites for hydroxylation is 2. The number of nitrogens with one attached hydrogen (secondary N) is 1. The maximum absolute atomic E-state index is 10.8. The van der Waals surface area contributed by atoms with Gasteiger partial charge in [-0.05, 0) is 24.8 Å². The van der Waals surface area contributed by atoms with E-state index in [1.807, 2.05) is 19.2 Å². The second-order valence-corrected chi connectivity index (χ2v) is 3.64. The van der Waals surface area contributed by atoms with E-state index in [1.165, 1.54) is 0 Å². The number of rotatable bonds is 2. The Morgan fingerprint density at radius 3 is 2.75 bits per heavy atom. The van der Waals surface area contributed by atoms with Gasteiger partial charge in [-0.1, -0.05) is 0 Å². The van der Waals surface area contributed by atoms with Crippen LogP contribution in [0.1, 0.15) is 10.4 Å².